The lowest BCUT2D eigenvalue weighted by Crippen LogP contribution is -2.47. The predicted octanol–water partition coefficient (Wildman–Crippen LogP) is 4.59. The molecule has 1 amide bonds. The van der Waals surface area contributed by atoms with Gasteiger partial charge in [0.25, 0.3) is 0 Å². The third-order valence-corrected chi connectivity index (χ3v) is 6.30. The van der Waals surface area contributed by atoms with Gasteiger partial charge in [-0.05, 0) is 54.7 Å². The Kier molecular flexibility index (Phi) is 9.35. The highest BCUT2D eigenvalue weighted by atomic mass is 32.2. The Labute approximate surface area is 190 Å². The number of carbonyl (C=O) groups is 1. The summed E-state index contributed by atoms with van der Waals surface area (Å²) in [6.45, 7) is 1.54. The highest BCUT2D eigenvalue weighted by molar-refractivity contribution is 7.98. The van der Waals surface area contributed by atoms with Crippen LogP contribution >= 0.6 is 11.8 Å². The molecule has 0 heterocycles. The molecule has 2 atom stereocenters. The summed E-state index contributed by atoms with van der Waals surface area (Å²) in [5.41, 5.74) is 0.131. The molecule has 0 fully saturated rings. The van der Waals surface area contributed by atoms with Crippen molar-refractivity contribution in [2.75, 3.05) is 12.0 Å². The number of benzene rings is 2. The van der Waals surface area contributed by atoms with E-state index in [2.05, 4.69) is 10.0 Å². The Morgan fingerprint density at radius 3 is 2.44 bits per heavy atom. The van der Waals surface area contributed by atoms with E-state index in [-0.39, 0.29) is 12.0 Å². The molecule has 2 aromatic carbocycles. The van der Waals surface area contributed by atoms with Gasteiger partial charge in [-0.2, -0.15) is 29.7 Å². The molecule has 0 unspecified atom stereocenters. The molecule has 10 heteroatoms. The van der Waals surface area contributed by atoms with Crippen molar-refractivity contribution in [2.24, 2.45) is 0 Å². The molecule has 2 rings (SSSR count). The van der Waals surface area contributed by atoms with Crippen molar-refractivity contribution in [1.82, 2.24) is 10.0 Å². The first-order chi connectivity index (χ1) is 15.0. The summed E-state index contributed by atoms with van der Waals surface area (Å²) >= 11 is 1.45. The van der Waals surface area contributed by atoms with E-state index in [0.29, 0.717) is 11.3 Å². The number of carbonyl (C=O) groups excluding carboxylic acids is 1. The summed E-state index contributed by atoms with van der Waals surface area (Å²) < 4.78 is 66.2. The van der Waals surface area contributed by atoms with Gasteiger partial charge in [-0.15, -0.1) is 0 Å². The van der Waals surface area contributed by atoms with Gasteiger partial charge in [0.05, 0.1) is 11.6 Å². The summed E-state index contributed by atoms with van der Waals surface area (Å²) in [4.78, 5) is 12.8. The smallest absolute Gasteiger partial charge is 0.348 e. The number of nitrogens with one attached hydrogen (secondary N) is 2. The van der Waals surface area contributed by atoms with Crippen molar-refractivity contribution >= 4 is 33.8 Å². The Morgan fingerprint density at radius 1 is 1.12 bits per heavy atom. The lowest BCUT2D eigenvalue weighted by molar-refractivity contribution is -0.137. The zero-order chi connectivity index (χ0) is 23.8. The van der Waals surface area contributed by atoms with E-state index in [1.165, 1.54) is 30.0 Å². The summed E-state index contributed by atoms with van der Waals surface area (Å²) in [5.74, 6) is -0.0957. The fourth-order valence-electron chi connectivity index (χ4n) is 2.83. The molecule has 0 radical (unpaired) electrons. The minimum atomic E-state index is -4.50. The maximum Gasteiger partial charge on any atom is 0.416 e. The zero-order valence-electron chi connectivity index (χ0n) is 17.6. The number of hydrogen-bond donors (Lipinski definition) is 2. The van der Waals surface area contributed by atoms with Crippen LogP contribution in [0.25, 0.3) is 6.08 Å². The normalized spacial score (nSPS) is 14.3. The standard InChI is InChI=1S/C22H25F3N2O3S2/c1-16(18-9-6-10-19(15-18)22(23,24)25)26-21(28)20(11-13-31-2)27-32(29,30)14-12-17-7-4-3-5-8-17/h3-10,12,14-16,20,27H,11,13H2,1-2H3,(H,26,28)/b14-12-/t16-,20-/m0/s1. The largest absolute Gasteiger partial charge is 0.416 e. The molecule has 0 saturated heterocycles. The summed E-state index contributed by atoms with van der Waals surface area (Å²) in [7, 11) is -3.93. The van der Waals surface area contributed by atoms with Gasteiger partial charge in [0.1, 0.15) is 6.04 Å². The number of sulfonamides is 1. The molecule has 2 aromatic rings. The van der Waals surface area contributed by atoms with Crippen molar-refractivity contribution in [1.29, 1.82) is 0 Å². The zero-order valence-corrected chi connectivity index (χ0v) is 19.2. The monoisotopic (exact) mass is 486 g/mol. The van der Waals surface area contributed by atoms with Gasteiger partial charge in [-0.25, -0.2) is 8.42 Å². The maximum atomic E-state index is 13.0. The van der Waals surface area contributed by atoms with Gasteiger partial charge in [-0.3, -0.25) is 4.79 Å². The van der Waals surface area contributed by atoms with Gasteiger partial charge >= 0.3 is 6.18 Å². The Hall–Kier alpha value is -2.30. The van der Waals surface area contributed by atoms with Crippen LogP contribution in [0.4, 0.5) is 13.2 Å². The molecule has 0 aliphatic carbocycles. The van der Waals surface area contributed by atoms with Crippen LogP contribution in [0.3, 0.4) is 0 Å². The fraction of sp³-hybridized carbons (Fsp3) is 0.318. The molecule has 0 aliphatic heterocycles. The van der Waals surface area contributed by atoms with Gasteiger partial charge in [0.15, 0.2) is 0 Å². The molecule has 0 saturated carbocycles. The van der Waals surface area contributed by atoms with Gasteiger partial charge in [-0.1, -0.05) is 42.5 Å². The minimum Gasteiger partial charge on any atom is -0.348 e. The average Bonchev–Trinajstić information content (AvgIpc) is 2.75. The van der Waals surface area contributed by atoms with Gasteiger partial charge < -0.3 is 5.32 Å². The van der Waals surface area contributed by atoms with E-state index in [0.717, 1.165) is 17.5 Å². The number of alkyl halides is 3. The molecule has 0 spiro atoms. The number of hydrogen-bond acceptors (Lipinski definition) is 4. The van der Waals surface area contributed by atoms with E-state index in [1.807, 2.05) is 6.26 Å². The molecule has 32 heavy (non-hydrogen) atoms. The number of thioether (sulfide) groups is 1. The van der Waals surface area contributed by atoms with Crippen LogP contribution in [-0.4, -0.2) is 32.4 Å². The highest BCUT2D eigenvalue weighted by Crippen LogP contribution is 2.30. The second-order valence-electron chi connectivity index (χ2n) is 7.06. The Balaban J connectivity index is 2.12. The van der Waals surface area contributed by atoms with Crippen LogP contribution in [0.5, 0.6) is 0 Å². The number of amides is 1. The van der Waals surface area contributed by atoms with Gasteiger partial charge in [0.2, 0.25) is 15.9 Å². The molecule has 5 nitrogen and oxygen atoms in total. The molecule has 0 aliphatic rings. The third kappa shape index (κ3) is 8.33. The quantitative estimate of drug-likeness (QED) is 0.515. The summed E-state index contributed by atoms with van der Waals surface area (Å²) in [6.07, 6.45) is -1.04. The van der Waals surface area contributed by atoms with Gasteiger partial charge in [0, 0.05) is 5.41 Å². The van der Waals surface area contributed by atoms with Crippen molar-refractivity contribution in [2.45, 2.75) is 31.6 Å². The van der Waals surface area contributed by atoms with E-state index in [4.69, 9.17) is 0 Å². The Morgan fingerprint density at radius 2 is 1.81 bits per heavy atom. The molecule has 2 N–H and O–H groups in total. The predicted molar refractivity (Wildman–Crippen MR) is 122 cm³/mol. The van der Waals surface area contributed by atoms with Crippen LogP contribution in [0.15, 0.2) is 60.0 Å². The van der Waals surface area contributed by atoms with E-state index >= 15 is 0 Å². The highest BCUT2D eigenvalue weighted by Gasteiger charge is 2.31. The minimum absolute atomic E-state index is 0.223. The molecular formula is C22H25F3N2O3S2. The van der Waals surface area contributed by atoms with E-state index < -0.39 is 39.8 Å². The van der Waals surface area contributed by atoms with Crippen molar-refractivity contribution in [3.05, 3.63) is 76.7 Å². The second kappa shape index (κ2) is 11.5. The molecule has 0 bridgehead atoms. The molecule has 174 valence electrons. The molecular weight excluding hydrogens is 461 g/mol. The first kappa shape index (κ1) is 26.0. The van der Waals surface area contributed by atoms with Crippen molar-refractivity contribution in [3.8, 4) is 0 Å². The van der Waals surface area contributed by atoms with Crippen molar-refractivity contribution < 1.29 is 26.4 Å². The molecule has 0 aromatic heterocycles. The average molecular weight is 487 g/mol. The fourth-order valence-corrected chi connectivity index (χ4v) is 4.34. The number of halogens is 3. The Bertz CT molecular complexity index is 1030. The van der Waals surface area contributed by atoms with Crippen LogP contribution in [0, 0.1) is 0 Å². The second-order valence-corrected chi connectivity index (χ2v) is 9.65. The summed E-state index contributed by atoms with van der Waals surface area (Å²) in [5, 5.41) is 3.60. The lowest BCUT2D eigenvalue weighted by atomic mass is 10.0. The van der Waals surface area contributed by atoms with Crippen molar-refractivity contribution in [3.63, 3.8) is 0 Å². The van der Waals surface area contributed by atoms with Crippen LogP contribution in [-0.2, 0) is 21.0 Å². The maximum absolute atomic E-state index is 13.0. The summed E-state index contributed by atoms with van der Waals surface area (Å²) in [6, 6.07) is 11.7. The lowest BCUT2D eigenvalue weighted by Gasteiger charge is -2.21. The van der Waals surface area contributed by atoms with E-state index in [9.17, 15) is 26.4 Å². The first-order valence-electron chi connectivity index (χ1n) is 9.74. The first-order valence-corrected chi connectivity index (χ1v) is 12.7. The topological polar surface area (TPSA) is 75.3 Å². The van der Waals surface area contributed by atoms with Crippen LogP contribution < -0.4 is 10.0 Å². The SMILES string of the molecule is CSCC[C@H](NS(=O)(=O)/C=C\c1ccccc1)C(=O)N[C@@H](C)c1cccc(C(F)(F)F)c1. The van der Waals surface area contributed by atoms with E-state index in [1.54, 1.807) is 37.3 Å². The number of rotatable bonds is 10. The van der Waals surface area contributed by atoms with Crippen LogP contribution in [0.1, 0.15) is 36.1 Å². The van der Waals surface area contributed by atoms with Crippen LogP contribution in [0.2, 0.25) is 0 Å². The third-order valence-electron chi connectivity index (χ3n) is 4.55.